The van der Waals surface area contributed by atoms with Gasteiger partial charge in [-0.25, -0.2) is 24.5 Å². The molecule has 1 N–H and O–H groups in total. The van der Waals surface area contributed by atoms with Gasteiger partial charge in [-0.15, -0.1) is 0 Å². The molecule has 0 bridgehead atoms. The highest BCUT2D eigenvalue weighted by molar-refractivity contribution is 6.02. The van der Waals surface area contributed by atoms with Gasteiger partial charge >= 0.3 is 17.5 Å². The second-order valence-electron chi connectivity index (χ2n) is 2.87. The van der Waals surface area contributed by atoms with Crippen LogP contribution in [-0.4, -0.2) is 45.7 Å². The number of hydrogen-bond donors (Lipinski definition) is 1. The second-order valence-corrected chi connectivity index (χ2v) is 2.87. The number of carboxylic acids is 1. The van der Waals surface area contributed by atoms with Crippen molar-refractivity contribution < 1.29 is 24.2 Å². The number of aromatic nitrogens is 3. The summed E-state index contributed by atoms with van der Waals surface area (Å²) >= 11 is 0. The molecule has 0 saturated heterocycles. The molecule has 1 heterocycles. The number of methoxy groups -OCH3 is 1. The van der Waals surface area contributed by atoms with E-state index in [9.17, 15) is 9.59 Å². The minimum atomic E-state index is -2.36. The third-order valence-electron chi connectivity index (χ3n) is 1.98. The molecule has 8 nitrogen and oxygen atoms in total. The van der Waals surface area contributed by atoms with E-state index >= 15 is 0 Å². The molecule has 0 fully saturated rings. The monoisotopic (exact) mass is 241 g/mol. The van der Waals surface area contributed by atoms with E-state index in [2.05, 4.69) is 19.7 Å². The van der Waals surface area contributed by atoms with Crippen LogP contribution in [-0.2, 0) is 24.7 Å². The lowest BCUT2D eigenvalue weighted by atomic mass is 10.0. The highest BCUT2D eigenvalue weighted by atomic mass is 16.6. The van der Waals surface area contributed by atoms with E-state index in [1.807, 2.05) is 0 Å². The van der Waals surface area contributed by atoms with Gasteiger partial charge in [-0.1, -0.05) is 0 Å². The topological polar surface area (TPSA) is 112 Å². The van der Waals surface area contributed by atoms with Crippen molar-refractivity contribution in [2.24, 2.45) is 0 Å². The molecule has 1 rings (SSSR count). The van der Waals surface area contributed by atoms with Crippen molar-refractivity contribution in [3.63, 3.8) is 0 Å². The molecular formula is C9H11N3O5. The normalized spacial score (nSPS) is 13.8. The SMILES string of the molecule is CCOC(=O)C(OC)(C(=O)O)c1ncncn1. The van der Waals surface area contributed by atoms with Crippen LogP contribution < -0.4 is 0 Å². The first-order valence-corrected chi connectivity index (χ1v) is 4.67. The Kier molecular flexibility index (Phi) is 4.05. The molecule has 1 aromatic rings. The van der Waals surface area contributed by atoms with Gasteiger partial charge < -0.3 is 14.6 Å². The van der Waals surface area contributed by atoms with Gasteiger partial charge in [0.05, 0.1) is 6.61 Å². The number of rotatable bonds is 5. The highest BCUT2D eigenvalue weighted by Crippen LogP contribution is 2.23. The summed E-state index contributed by atoms with van der Waals surface area (Å²) in [6.07, 6.45) is 2.14. The number of nitrogens with zero attached hydrogens (tertiary/aromatic N) is 3. The summed E-state index contributed by atoms with van der Waals surface area (Å²) in [6, 6.07) is 0. The average molecular weight is 241 g/mol. The Morgan fingerprint density at radius 1 is 1.41 bits per heavy atom. The fourth-order valence-corrected chi connectivity index (χ4v) is 1.19. The van der Waals surface area contributed by atoms with Gasteiger partial charge in [0, 0.05) is 7.11 Å². The molecule has 0 aliphatic rings. The molecule has 0 spiro atoms. The van der Waals surface area contributed by atoms with Gasteiger partial charge in [0.2, 0.25) is 0 Å². The smallest absolute Gasteiger partial charge is 0.358 e. The standard InChI is InChI=1S/C9H11N3O5/c1-3-17-8(15)9(16-2,7(13)14)6-11-4-10-5-12-6/h4-5H,3H2,1-2H3,(H,13,14). The zero-order valence-corrected chi connectivity index (χ0v) is 9.28. The van der Waals surface area contributed by atoms with E-state index in [1.54, 1.807) is 6.92 Å². The maximum absolute atomic E-state index is 11.7. The highest BCUT2D eigenvalue weighted by Gasteiger charge is 2.53. The number of ether oxygens (including phenoxy) is 2. The van der Waals surface area contributed by atoms with Gasteiger partial charge in [0.1, 0.15) is 12.7 Å². The molecule has 1 aromatic heterocycles. The van der Waals surface area contributed by atoms with Crippen molar-refractivity contribution in [1.82, 2.24) is 15.0 Å². The number of esters is 1. The summed E-state index contributed by atoms with van der Waals surface area (Å²) in [5.74, 6) is -2.97. The molecule has 0 saturated carbocycles. The molecule has 92 valence electrons. The first-order valence-electron chi connectivity index (χ1n) is 4.67. The number of hydrogen-bond acceptors (Lipinski definition) is 7. The molecule has 0 radical (unpaired) electrons. The first-order chi connectivity index (χ1) is 8.09. The fraction of sp³-hybridized carbons (Fsp3) is 0.444. The van der Waals surface area contributed by atoms with E-state index in [0.29, 0.717) is 0 Å². The Hall–Kier alpha value is -2.09. The molecule has 0 amide bonds. The third-order valence-corrected chi connectivity index (χ3v) is 1.98. The van der Waals surface area contributed by atoms with Gasteiger partial charge in [-0.2, -0.15) is 0 Å². The summed E-state index contributed by atoms with van der Waals surface area (Å²) in [5, 5.41) is 9.15. The van der Waals surface area contributed by atoms with Gasteiger partial charge in [0.15, 0.2) is 5.82 Å². The first kappa shape index (κ1) is 13.0. The van der Waals surface area contributed by atoms with Gasteiger partial charge in [-0.05, 0) is 6.92 Å². The lowest BCUT2D eigenvalue weighted by Gasteiger charge is -2.23. The maximum atomic E-state index is 11.7. The predicted octanol–water partition coefficient (Wildman–Crippen LogP) is -0.639. The van der Waals surface area contributed by atoms with Crippen LogP contribution >= 0.6 is 0 Å². The quantitative estimate of drug-likeness (QED) is 0.535. The van der Waals surface area contributed by atoms with Crippen molar-refractivity contribution in [2.45, 2.75) is 12.5 Å². The lowest BCUT2D eigenvalue weighted by molar-refractivity contribution is -0.186. The third kappa shape index (κ3) is 2.21. The lowest BCUT2D eigenvalue weighted by Crippen LogP contribution is -2.48. The molecule has 1 atom stereocenters. The van der Waals surface area contributed by atoms with Gasteiger partial charge in [0.25, 0.3) is 0 Å². The second kappa shape index (κ2) is 5.30. The Bertz CT molecular complexity index is 410. The Morgan fingerprint density at radius 3 is 2.41 bits per heavy atom. The summed E-state index contributed by atoms with van der Waals surface area (Å²) < 4.78 is 9.44. The number of carbonyl (C=O) groups excluding carboxylic acids is 1. The van der Waals surface area contributed by atoms with E-state index in [0.717, 1.165) is 19.8 Å². The van der Waals surface area contributed by atoms with Crippen LogP contribution in [0, 0.1) is 0 Å². The molecule has 1 unspecified atom stereocenters. The number of aliphatic carboxylic acids is 1. The summed E-state index contributed by atoms with van der Waals surface area (Å²) in [7, 11) is 1.06. The van der Waals surface area contributed by atoms with Crippen molar-refractivity contribution in [2.75, 3.05) is 13.7 Å². The maximum Gasteiger partial charge on any atom is 0.358 e. The van der Waals surface area contributed by atoms with Crippen LogP contribution in [0.3, 0.4) is 0 Å². The summed E-state index contributed by atoms with van der Waals surface area (Å²) in [6.45, 7) is 1.57. The number of carbonyl (C=O) groups is 2. The Morgan fingerprint density at radius 2 is 2.00 bits per heavy atom. The molecule has 0 aromatic carbocycles. The summed E-state index contributed by atoms with van der Waals surface area (Å²) in [4.78, 5) is 33.7. The van der Waals surface area contributed by atoms with E-state index in [1.165, 1.54) is 0 Å². The Balaban J connectivity index is 3.28. The van der Waals surface area contributed by atoms with Crippen molar-refractivity contribution in [1.29, 1.82) is 0 Å². The molecule has 0 aliphatic heterocycles. The zero-order chi connectivity index (χ0) is 12.9. The largest absolute Gasteiger partial charge is 0.478 e. The number of carboxylic acid groups (broad SMARTS) is 1. The van der Waals surface area contributed by atoms with Crippen LogP contribution in [0.5, 0.6) is 0 Å². The van der Waals surface area contributed by atoms with Gasteiger partial charge in [-0.3, -0.25) is 0 Å². The Labute approximate surface area is 96.6 Å². The minimum Gasteiger partial charge on any atom is -0.478 e. The van der Waals surface area contributed by atoms with Crippen LogP contribution in [0.1, 0.15) is 12.7 Å². The summed E-state index contributed by atoms with van der Waals surface area (Å²) in [5.41, 5.74) is -2.36. The van der Waals surface area contributed by atoms with E-state index in [4.69, 9.17) is 9.84 Å². The fourth-order valence-electron chi connectivity index (χ4n) is 1.19. The van der Waals surface area contributed by atoms with E-state index < -0.39 is 17.5 Å². The predicted molar refractivity (Wildman–Crippen MR) is 52.8 cm³/mol. The molecular weight excluding hydrogens is 230 g/mol. The van der Waals surface area contributed by atoms with Crippen molar-refractivity contribution in [3.05, 3.63) is 18.5 Å². The molecule has 17 heavy (non-hydrogen) atoms. The van der Waals surface area contributed by atoms with Crippen LogP contribution in [0.4, 0.5) is 0 Å². The van der Waals surface area contributed by atoms with Crippen LogP contribution in [0.2, 0.25) is 0 Å². The van der Waals surface area contributed by atoms with Crippen molar-refractivity contribution >= 4 is 11.9 Å². The average Bonchev–Trinajstić information content (AvgIpc) is 2.32. The van der Waals surface area contributed by atoms with Crippen LogP contribution in [0.25, 0.3) is 0 Å². The van der Waals surface area contributed by atoms with E-state index in [-0.39, 0.29) is 12.4 Å². The minimum absolute atomic E-state index is 0.0162. The molecule has 8 heteroatoms. The van der Waals surface area contributed by atoms with Crippen molar-refractivity contribution in [3.8, 4) is 0 Å². The zero-order valence-electron chi connectivity index (χ0n) is 9.28. The van der Waals surface area contributed by atoms with Crippen LogP contribution in [0.15, 0.2) is 12.7 Å². The molecule has 0 aliphatic carbocycles.